The van der Waals surface area contributed by atoms with Gasteiger partial charge in [-0.25, -0.2) is 27.8 Å². The lowest BCUT2D eigenvalue weighted by atomic mass is 9.99. The van der Waals surface area contributed by atoms with Crippen LogP contribution in [0.2, 0.25) is 0 Å². The van der Waals surface area contributed by atoms with Gasteiger partial charge in [-0.3, -0.25) is 9.69 Å². The summed E-state index contributed by atoms with van der Waals surface area (Å²) >= 11 is 0. The minimum Gasteiger partial charge on any atom is -0.487 e. The van der Waals surface area contributed by atoms with E-state index in [1.54, 1.807) is 76.6 Å². The predicted octanol–water partition coefficient (Wildman–Crippen LogP) is 5.78. The molecule has 1 fully saturated rings. The monoisotopic (exact) mass is 806 g/mol. The van der Waals surface area contributed by atoms with Gasteiger partial charge in [0, 0.05) is 44.4 Å². The number of benzene rings is 2. The SMILES string of the molecule is C=CCOC(=O)NS(=O)(=O)N(CC(=O)OC(C)(C)C)c1c(OCc2ccccc2)cc2c(c1F)C[C@H](CN(CC1CCOCC1)C(=O)OC(C)(C)C)N2C(=O)O. The van der Waals surface area contributed by atoms with Gasteiger partial charge in [0.25, 0.3) is 0 Å². The highest BCUT2D eigenvalue weighted by Crippen LogP contribution is 2.45. The van der Waals surface area contributed by atoms with Crippen molar-refractivity contribution in [3.63, 3.8) is 0 Å². The number of hydrogen-bond acceptors (Lipinski definition) is 11. The Balaban J connectivity index is 1.86. The molecule has 0 bridgehead atoms. The Kier molecular flexibility index (Phi) is 14.2. The number of ether oxygens (including phenoxy) is 5. The highest BCUT2D eigenvalue weighted by atomic mass is 32.2. The molecular weight excluding hydrogens is 755 g/mol. The second-order valence-corrected chi connectivity index (χ2v) is 16.9. The zero-order valence-corrected chi connectivity index (χ0v) is 33.4. The number of halogens is 1. The maximum absolute atomic E-state index is 17.3. The molecule has 2 aromatic carbocycles. The van der Waals surface area contributed by atoms with Crippen LogP contribution >= 0.6 is 0 Å². The lowest BCUT2D eigenvalue weighted by Crippen LogP contribution is -2.49. The van der Waals surface area contributed by atoms with Crippen LogP contribution in [0.25, 0.3) is 0 Å². The van der Waals surface area contributed by atoms with Gasteiger partial charge in [-0.1, -0.05) is 43.0 Å². The number of amides is 3. The molecule has 18 heteroatoms. The fourth-order valence-electron chi connectivity index (χ4n) is 6.20. The van der Waals surface area contributed by atoms with Crippen LogP contribution in [-0.4, -0.2) is 99.4 Å². The van der Waals surface area contributed by atoms with E-state index in [2.05, 4.69) is 6.58 Å². The zero-order valence-electron chi connectivity index (χ0n) is 32.5. The summed E-state index contributed by atoms with van der Waals surface area (Å²) in [6.45, 7) is 12.4. The van der Waals surface area contributed by atoms with E-state index < -0.39 is 75.5 Å². The molecule has 0 unspecified atom stereocenters. The van der Waals surface area contributed by atoms with E-state index in [-0.39, 0.29) is 54.2 Å². The average Bonchev–Trinajstić information content (AvgIpc) is 3.46. The third kappa shape index (κ3) is 11.9. The molecule has 1 atom stereocenters. The van der Waals surface area contributed by atoms with Gasteiger partial charge in [-0.2, -0.15) is 8.42 Å². The Morgan fingerprint density at radius 1 is 1.04 bits per heavy atom. The number of carbonyl (C=O) groups excluding carboxylic acids is 3. The van der Waals surface area contributed by atoms with Crippen LogP contribution in [-0.2, 0) is 47.0 Å². The smallest absolute Gasteiger partial charge is 0.422 e. The number of nitrogens with zero attached hydrogens (tertiary/aromatic N) is 3. The predicted molar refractivity (Wildman–Crippen MR) is 203 cm³/mol. The normalized spacial score (nSPS) is 16.0. The first-order valence-electron chi connectivity index (χ1n) is 18.1. The second-order valence-electron chi connectivity index (χ2n) is 15.3. The summed E-state index contributed by atoms with van der Waals surface area (Å²) in [4.78, 5) is 54.6. The summed E-state index contributed by atoms with van der Waals surface area (Å²) in [5.41, 5.74) is -2.60. The van der Waals surface area contributed by atoms with E-state index in [4.69, 9.17) is 23.7 Å². The lowest BCUT2D eigenvalue weighted by molar-refractivity contribution is -0.152. The van der Waals surface area contributed by atoms with Crippen molar-refractivity contribution in [2.75, 3.05) is 48.7 Å². The van der Waals surface area contributed by atoms with E-state index in [0.29, 0.717) is 31.6 Å². The van der Waals surface area contributed by atoms with E-state index in [0.717, 1.165) is 11.0 Å². The summed E-state index contributed by atoms with van der Waals surface area (Å²) in [6.07, 6.45) is -1.43. The Hall–Kier alpha value is -5.10. The van der Waals surface area contributed by atoms with Crippen LogP contribution < -0.4 is 18.7 Å². The standard InChI is InChI=1S/C38H51FN4O12S/c1-8-16-52-34(45)40-56(49,50)42(23-31(44)54-37(2,3)4)33-30(53-24-26-12-10-9-11-13-26)20-29-28(32(33)39)19-27(43(29)35(46)47)22-41(36(48)55-38(5,6)7)21-25-14-17-51-18-15-25/h8-13,20,25,27H,1,14-19,21-24H2,2-7H3,(H,40,45)(H,46,47)/t27-/m1/s1. The molecule has 0 radical (unpaired) electrons. The number of nitrogens with one attached hydrogen (secondary N) is 1. The van der Waals surface area contributed by atoms with Crippen molar-refractivity contribution in [1.82, 2.24) is 9.62 Å². The van der Waals surface area contributed by atoms with Gasteiger partial charge in [0.05, 0.1) is 11.7 Å². The number of anilines is 2. The Labute approximate surface area is 326 Å². The molecule has 0 aliphatic carbocycles. The zero-order chi connectivity index (χ0) is 41.4. The van der Waals surface area contributed by atoms with Crippen LogP contribution in [0.5, 0.6) is 5.75 Å². The molecule has 4 rings (SSSR count). The molecule has 0 aromatic heterocycles. The summed E-state index contributed by atoms with van der Waals surface area (Å²) in [6, 6.07) is 8.67. The van der Waals surface area contributed by atoms with E-state index in [1.165, 1.54) is 11.0 Å². The molecule has 3 amide bonds. The van der Waals surface area contributed by atoms with Crippen LogP contribution in [0.3, 0.4) is 0 Å². The maximum atomic E-state index is 17.3. The maximum Gasteiger partial charge on any atom is 0.422 e. The first kappa shape index (κ1) is 43.6. The minimum atomic E-state index is -5.16. The minimum absolute atomic E-state index is 0.0249. The molecule has 2 aromatic rings. The van der Waals surface area contributed by atoms with Gasteiger partial charge in [0.2, 0.25) is 0 Å². The van der Waals surface area contributed by atoms with Crippen molar-refractivity contribution in [3.05, 3.63) is 66.0 Å². The molecule has 1 saturated heterocycles. The first-order valence-corrected chi connectivity index (χ1v) is 19.5. The molecule has 2 heterocycles. The third-order valence-electron chi connectivity index (χ3n) is 8.47. The molecule has 56 heavy (non-hydrogen) atoms. The topological polar surface area (TPSA) is 191 Å². The number of hydrogen-bond donors (Lipinski definition) is 2. The van der Waals surface area contributed by atoms with Crippen LogP contribution in [0.1, 0.15) is 65.5 Å². The summed E-state index contributed by atoms with van der Waals surface area (Å²) in [5.74, 6) is -2.81. The van der Waals surface area contributed by atoms with Gasteiger partial charge in [-0.15, -0.1) is 0 Å². The highest BCUT2D eigenvalue weighted by molar-refractivity contribution is 7.91. The van der Waals surface area contributed by atoms with Crippen LogP contribution in [0, 0.1) is 11.7 Å². The molecule has 2 aliphatic heterocycles. The lowest BCUT2D eigenvalue weighted by Gasteiger charge is -2.34. The molecule has 308 valence electrons. The Morgan fingerprint density at radius 2 is 1.68 bits per heavy atom. The quantitative estimate of drug-likeness (QED) is 0.133. The first-order chi connectivity index (χ1) is 26.2. The van der Waals surface area contributed by atoms with Gasteiger partial charge < -0.3 is 33.7 Å². The van der Waals surface area contributed by atoms with Crippen molar-refractivity contribution < 1.29 is 60.8 Å². The molecule has 0 spiro atoms. The second kappa shape index (κ2) is 18.2. The Bertz CT molecular complexity index is 1860. The number of fused-ring (bicyclic) bond motifs is 1. The van der Waals surface area contributed by atoms with E-state index >= 15 is 4.39 Å². The van der Waals surface area contributed by atoms with Gasteiger partial charge >= 0.3 is 34.5 Å². The molecule has 0 saturated carbocycles. The third-order valence-corrected chi connectivity index (χ3v) is 9.79. The van der Waals surface area contributed by atoms with E-state index in [9.17, 15) is 32.7 Å². The van der Waals surface area contributed by atoms with Crippen molar-refractivity contribution >= 4 is 45.8 Å². The van der Waals surface area contributed by atoms with Gasteiger partial charge in [-0.05, 0) is 65.9 Å². The molecular formula is C38H51FN4O12S. The number of carbonyl (C=O) groups is 4. The molecule has 16 nitrogen and oxygen atoms in total. The van der Waals surface area contributed by atoms with E-state index in [1.807, 2.05) is 0 Å². The average molecular weight is 807 g/mol. The van der Waals surface area contributed by atoms with Crippen LogP contribution in [0.4, 0.5) is 30.1 Å². The highest BCUT2D eigenvalue weighted by Gasteiger charge is 2.43. The largest absolute Gasteiger partial charge is 0.487 e. The fraction of sp³-hybridized carbons (Fsp3) is 0.526. The number of esters is 1. The van der Waals surface area contributed by atoms with Crippen molar-refractivity contribution in [1.29, 1.82) is 0 Å². The van der Waals surface area contributed by atoms with Crippen molar-refractivity contribution in [3.8, 4) is 5.75 Å². The van der Waals surface area contributed by atoms with Crippen molar-refractivity contribution in [2.45, 2.75) is 84.7 Å². The molecule has 2 N–H and O–H groups in total. The summed E-state index contributed by atoms with van der Waals surface area (Å²) in [7, 11) is -5.16. The van der Waals surface area contributed by atoms with Gasteiger partial charge in [0.15, 0.2) is 5.82 Å². The Morgan fingerprint density at radius 3 is 2.27 bits per heavy atom. The van der Waals surface area contributed by atoms with Crippen LogP contribution in [0.15, 0.2) is 49.1 Å². The molecule has 2 aliphatic rings. The van der Waals surface area contributed by atoms with Gasteiger partial charge in [0.1, 0.15) is 42.4 Å². The summed E-state index contributed by atoms with van der Waals surface area (Å²) < 4.78 is 74.5. The van der Waals surface area contributed by atoms with Crippen molar-refractivity contribution in [2.24, 2.45) is 5.92 Å². The summed E-state index contributed by atoms with van der Waals surface area (Å²) in [5, 5.41) is 10.6. The fourth-order valence-corrected chi connectivity index (χ4v) is 7.27. The number of carboxylic acid groups (broad SMARTS) is 1. The number of rotatable bonds is 14.